The highest BCUT2D eigenvalue weighted by atomic mass is 16.5. The first kappa shape index (κ1) is 8.97. The molecular weight excluding hydrogens is 140 g/mol. The Kier molecular flexibility index (Phi) is 3.30. The second kappa shape index (κ2) is 4.04. The fourth-order valence-electron chi connectivity index (χ4n) is 1.38. The summed E-state index contributed by atoms with van der Waals surface area (Å²) in [4.78, 5) is 2.39. The molecule has 1 unspecified atom stereocenters. The van der Waals surface area contributed by atoms with Gasteiger partial charge < -0.3 is 10.5 Å². The first-order valence-corrected chi connectivity index (χ1v) is 4.22. The number of hydrogen-bond donors (Lipinski definition) is 1. The standard InChI is InChI=1S/C8H18N2O/c1-7(3-4-11-2)10-5-8(9)6-10/h7-8H,3-6,9H2,1-2H3. The molecule has 1 saturated heterocycles. The van der Waals surface area contributed by atoms with Gasteiger partial charge in [0.1, 0.15) is 0 Å². The van der Waals surface area contributed by atoms with E-state index >= 15 is 0 Å². The molecule has 0 aromatic heterocycles. The summed E-state index contributed by atoms with van der Waals surface area (Å²) in [7, 11) is 1.74. The highest BCUT2D eigenvalue weighted by Crippen LogP contribution is 2.12. The van der Waals surface area contributed by atoms with Crippen molar-refractivity contribution in [1.82, 2.24) is 4.90 Å². The van der Waals surface area contributed by atoms with Crippen molar-refractivity contribution in [3.05, 3.63) is 0 Å². The Labute approximate surface area is 68.5 Å². The minimum atomic E-state index is 0.417. The SMILES string of the molecule is COCCC(C)N1CC(N)C1. The molecule has 0 saturated carbocycles. The fraction of sp³-hybridized carbons (Fsp3) is 1.00. The number of methoxy groups -OCH3 is 1. The first-order valence-electron chi connectivity index (χ1n) is 4.22. The summed E-state index contributed by atoms with van der Waals surface area (Å²) in [5, 5.41) is 0. The highest BCUT2D eigenvalue weighted by molar-refractivity contribution is 4.85. The van der Waals surface area contributed by atoms with Gasteiger partial charge in [0.15, 0.2) is 0 Å². The van der Waals surface area contributed by atoms with E-state index in [-0.39, 0.29) is 0 Å². The molecule has 1 aliphatic heterocycles. The van der Waals surface area contributed by atoms with Gasteiger partial charge in [0.25, 0.3) is 0 Å². The lowest BCUT2D eigenvalue weighted by Gasteiger charge is -2.41. The maximum Gasteiger partial charge on any atom is 0.0477 e. The Morgan fingerprint density at radius 3 is 2.73 bits per heavy atom. The second-order valence-electron chi connectivity index (χ2n) is 3.34. The van der Waals surface area contributed by atoms with Gasteiger partial charge in [-0.05, 0) is 13.3 Å². The van der Waals surface area contributed by atoms with Crippen LogP contribution in [-0.4, -0.2) is 43.8 Å². The normalized spacial score (nSPS) is 23.2. The Bertz CT molecular complexity index is 113. The predicted octanol–water partition coefficient (Wildman–Crippen LogP) is 0.0543. The van der Waals surface area contributed by atoms with Crippen molar-refractivity contribution in [2.75, 3.05) is 26.8 Å². The van der Waals surface area contributed by atoms with E-state index in [2.05, 4.69) is 11.8 Å². The lowest BCUT2D eigenvalue weighted by molar-refractivity contribution is 0.0773. The van der Waals surface area contributed by atoms with Crippen LogP contribution < -0.4 is 5.73 Å². The third-order valence-electron chi connectivity index (χ3n) is 2.30. The lowest BCUT2D eigenvalue weighted by Crippen LogP contribution is -2.58. The Hall–Kier alpha value is -0.120. The van der Waals surface area contributed by atoms with Crippen molar-refractivity contribution < 1.29 is 4.74 Å². The van der Waals surface area contributed by atoms with E-state index in [0.29, 0.717) is 12.1 Å². The van der Waals surface area contributed by atoms with Crippen LogP contribution in [0.15, 0.2) is 0 Å². The number of likely N-dealkylation sites (tertiary alicyclic amines) is 1. The average Bonchev–Trinajstić information content (AvgIpc) is 1.94. The molecule has 0 spiro atoms. The Morgan fingerprint density at radius 1 is 1.64 bits per heavy atom. The molecule has 1 atom stereocenters. The van der Waals surface area contributed by atoms with Crippen molar-refractivity contribution in [3.63, 3.8) is 0 Å². The van der Waals surface area contributed by atoms with Gasteiger partial charge in [-0.3, -0.25) is 4.90 Å². The summed E-state index contributed by atoms with van der Waals surface area (Å²) in [5.74, 6) is 0. The second-order valence-corrected chi connectivity index (χ2v) is 3.34. The molecule has 2 N–H and O–H groups in total. The maximum absolute atomic E-state index is 5.66. The molecule has 1 heterocycles. The molecule has 1 fully saturated rings. The molecule has 0 aromatic rings. The van der Waals surface area contributed by atoms with Gasteiger partial charge >= 0.3 is 0 Å². The van der Waals surface area contributed by atoms with Crippen LogP contribution in [0.25, 0.3) is 0 Å². The van der Waals surface area contributed by atoms with E-state index in [1.165, 1.54) is 0 Å². The van der Waals surface area contributed by atoms with Gasteiger partial charge in [0.05, 0.1) is 0 Å². The average molecular weight is 158 g/mol. The van der Waals surface area contributed by atoms with Crippen LogP contribution in [0.2, 0.25) is 0 Å². The quantitative estimate of drug-likeness (QED) is 0.628. The molecular formula is C8H18N2O. The van der Waals surface area contributed by atoms with Crippen LogP contribution in [-0.2, 0) is 4.74 Å². The number of rotatable bonds is 4. The van der Waals surface area contributed by atoms with Crippen molar-refractivity contribution >= 4 is 0 Å². The Morgan fingerprint density at radius 2 is 2.27 bits per heavy atom. The van der Waals surface area contributed by atoms with Crippen LogP contribution in [0, 0.1) is 0 Å². The first-order chi connectivity index (χ1) is 5.24. The number of hydrogen-bond acceptors (Lipinski definition) is 3. The van der Waals surface area contributed by atoms with Crippen LogP contribution in [0.1, 0.15) is 13.3 Å². The fourth-order valence-corrected chi connectivity index (χ4v) is 1.38. The van der Waals surface area contributed by atoms with Crippen LogP contribution >= 0.6 is 0 Å². The number of nitrogens with zero attached hydrogens (tertiary/aromatic N) is 1. The molecule has 0 bridgehead atoms. The number of ether oxygens (including phenoxy) is 1. The van der Waals surface area contributed by atoms with Crippen LogP contribution in [0.5, 0.6) is 0 Å². The van der Waals surface area contributed by atoms with Gasteiger partial charge in [0.2, 0.25) is 0 Å². The predicted molar refractivity (Wildman–Crippen MR) is 45.5 cm³/mol. The molecule has 3 nitrogen and oxygen atoms in total. The molecule has 0 radical (unpaired) electrons. The van der Waals surface area contributed by atoms with Gasteiger partial charge in [-0.1, -0.05) is 0 Å². The van der Waals surface area contributed by atoms with Crippen molar-refractivity contribution in [2.24, 2.45) is 5.73 Å². The van der Waals surface area contributed by atoms with E-state index in [9.17, 15) is 0 Å². The molecule has 0 amide bonds. The third kappa shape index (κ3) is 2.43. The minimum Gasteiger partial charge on any atom is -0.385 e. The molecule has 1 aliphatic rings. The molecule has 66 valence electrons. The minimum absolute atomic E-state index is 0.417. The van der Waals surface area contributed by atoms with E-state index in [0.717, 1.165) is 26.1 Å². The summed E-state index contributed by atoms with van der Waals surface area (Å²) in [6.45, 7) is 5.20. The summed E-state index contributed by atoms with van der Waals surface area (Å²) in [6, 6.07) is 1.05. The molecule has 0 aromatic carbocycles. The topological polar surface area (TPSA) is 38.5 Å². The van der Waals surface area contributed by atoms with E-state index in [4.69, 9.17) is 10.5 Å². The maximum atomic E-state index is 5.66. The zero-order chi connectivity index (χ0) is 8.27. The van der Waals surface area contributed by atoms with Gasteiger partial charge in [0, 0.05) is 38.9 Å². The highest BCUT2D eigenvalue weighted by Gasteiger charge is 2.26. The zero-order valence-corrected chi connectivity index (χ0v) is 7.42. The van der Waals surface area contributed by atoms with Crippen LogP contribution in [0.3, 0.4) is 0 Å². The molecule has 3 heteroatoms. The monoisotopic (exact) mass is 158 g/mol. The van der Waals surface area contributed by atoms with Crippen LogP contribution in [0.4, 0.5) is 0 Å². The number of nitrogens with two attached hydrogens (primary N) is 1. The van der Waals surface area contributed by atoms with Crippen molar-refractivity contribution in [2.45, 2.75) is 25.4 Å². The molecule has 0 aliphatic carbocycles. The van der Waals surface area contributed by atoms with E-state index in [1.807, 2.05) is 0 Å². The molecule has 11 heavy (non-hydrogen) atoms. The van der Waals surface area contributed by atoms with Gasteiger partial charge in [-0.2, -0.15) is 0 Å². The zero-order valence-electron chi connectivity index (χ0n) is 7.42. The summed E-state index contributed by atoms with van der Waals surface area (Å²) < 4.78 is 5.00. The largest absolute Gasteiger partial charge is 0.385 e. The van der Waals surface area contributed by atoms with Gasteiger partial charge in [-0.25, -0.2) is 0 Å². The lowest BCUT2D eigenvalue weighted by atomic mass is 10.1. The van der Waals surface area contributed by atoms with Gasteiger partial charge in [-0.15, -0.1) is 0 Å². The van der Waals surface area contributed by atoms with Crippen molar-refractivity contribution in [1.29, 1.82) is 0 Å². The summed E-state index contributed by atoms with van der Waals surface area (Å²) in [5.41, 5.74) is 5.66. The third-order valence-corrected chi connectivity index (χ3v) is 2.30. The smallest absolute Gasteiger partial charge is 0.0477 e. The summed E-state index contributed by atoms with van der Waals surface area (Å²) >= 11 is 0. The Balaban J connectivity index is 2.06. The van der Waals surface area contributed by atoms with Crippen molar-refractivity contribution in [3.8, 4) is 0 Å². The summed E-state index contributed by atoms with van der Waals surface area (Å²) in [6.07, 6.45) is 1.11. The molecule has 1 rings (SSSR count). The van der Waals surface area contributed by atoms with E-state index in [1.54, 1.807) is 7.11 Å². The van der Waals surface area contributed by atoms with E-state index < -0.39 is 0 Å².